The maximum absolute atomic E-state index is 7.08. The third-order valence-corrected chi connectivity index (χ3v) is 16.3. The van der Waals surface area contributed by atoms with E-state index in [-0.39, 0.29) is 10.7 Å². The van der Waals surface area contributed by atoms with Crippen LogP contribution >= 0.6 is 7.26 Å². The van der Waals surface area contributed by atoms with Gasteiger partial charge in [-0.05, 0) is 0 Å². The Morgan fingerprint density at radius 2 is 1.41 bits per heavy atom. The molecule has 4 heteroatoms. The summed E-state index contributed by atoms with van der Waals surface area (Å²) in [6.07, 6.45) is 1.57. The topological polar surface area (TPSA) is 27.7 Å². The predicted molar refractivity (Wildman–Crippen MR) is 143 cm³/mol. The van der Waals surface area contributed by atoms with Gasteiger partial charge in [-0.1, -0.05) is 0 Å². The second-order valence-electron chi connectivity index (χ2n) is 12.8. The molecule has 3 nitrogen and oxygen atoms in total. The van der Waals surface area contributed by atoms with Crippen LogP contribution in [0.4, 0.5) is 0 Å². The molecule has 2 aromatic carbocycles. The van der Waals surface area contributed by atoms with E-state index in [1.54, 1.807) is 0 Å². The van der Waals surface area contributed by atoms with Crippen LogP contribution in [0.15, 0.2) is 36.4 Å². The summed E-state index contributed by atoms with van der Waals surface area (Å²) in [5.74, 6) is -0.227. The number of fused-ring (bicyclic) bond motifs is 3. The molecule has 0 amide bonds. The molecule has 4 fully saturated rings. The molecule has 4 unspecified atom stereocenters. The van der Waals surface area contributed by atoms with Crippen molar-refractivity contribution in [3.63, 3.8) is 0 Å². The van der Waals surface area contributed by atoms with Gasteiger partial charge in [0, 0.05) is 0 Å². The molecule has 0 aromatic heterocycles. The molecule has 5 aliphatic rings. The molecule has 1 spiro atoms. The first-order valence-corrected chi connectivity index (χ1v) is 15.2. The molecule has 0 N–H and O–H groups in total. The van der Waals surface area contributed by atoms with Gasteiger partial charge in [0.2, 0.25) is 0 Å². The summed E-state index contributed by atoms with van der Waals surface area (Å²) in [6, 6.07) is 14.2. The van der Waals surface area contributed by atoms with Crippen LogP contribution in [-0.4, -0.2) is 22.3 Å². The van der Waals surface area contributed by atoms with Crippen molar-refractivity contribution >= 4 is 12.6 Å². The van der Waals surface area contributed by atoms with E-state index in [4.69, 9.17) is 14.2 Å². The summed E-state index contributed by atoms with van der Waals surface area (Å²) in [4.78, 5) is 0. The fraction of sp³-hybridized carbons (Fsp3) is 0.600. The van der Waals surface area contributed by atoms with E-state index >= 15 is 0 Å². The van der Waals surface area contributed by atoms with E-state index in [1.807, 2.05) is 0 Å². The van der Waals surface area contributed by atoms with Gasteiger partial charge in [0.1, 0.15) is 0 Å². The van der Waals surface area contributed by atoms with Gasteiger partial charge in [-0.3, -0.25) is 0 Å². The quantitative estimate of drug-likeness (QED) is 0.411. The SMILES string of the molecule is CC(C)c1cc(C(C)C)c2c(c1)C(C)[PH]1(c3ccccc3-2)C2(C)C[C@]3(C)OC(C)(CC1(C)O3)O2. The third kappa shape index (κ3) is 2.63. The Labute approximate surface area is 205 Å². The average Bonchev–Trinajstić information content (AvgIpc) is 2.69. The van der Waals surface area contributed by atoms with Crippen molar-refractivity contribution in [2.24, 2.45) is 0 Å². The summed E-state index contributed by atoms with van der Waals surface area (Å²) >= 11 is 0. The first-order valence-electron chi connectivity index (χ1n) is 13.2. The van der Waals surface area contributed by atoms with Gasteiger partial charge in [-0.25, -0.2) is 0 Å². The van der Waals surface area contributed by atoms with Crippen LogP contribution in [-0.2, 0) is 14.2 Å². The molecule has 34 heavy (non-hydrogen) atoms. The number of rotatable bonds is 2. The molecule has 2 aromatic rings. The first-order chi connectivity index (χ1) is 15.8. The fourth-order valence-electron chi connectivity index (χ4n) is 9.04. The van der Waals surface area contributed by atoms with Crippen molar-refractivity contribution < 1.29 is 14.2 Å². The van der Waals surface area contributed by atoms with Crippen LogP contribution in [0.2, 0.25) is 0 Å². The van der Waals surface area contributed by atoms with Gasteiger partial charge < -0.3 is 0 Å². The Hall–Kier alpha value is -1.25. The van der Waals surface area contributed by atoms with Crippen LogP contribution < -0.4 is 5.30 Å². The second kappa shape index (κ2) is 6.74. The summed E-state index contributed by atoms with van der Waals surface area (Å²) < 4.78 is 20.6. The Morgan fingerprint density at radius 3 is 1.97 bits per heavy atom. The zero-order chi connectivity index (χ0) is 24.5. The molecular weight excluding hydrogens is 439 g/mol. The van der Waals surface area contributed by atoms with Gasteiger partial charge in [0.25, 0.3) is 0 Å². The molecule has 184 valence electrons. The van der Waals surface area contributed by atoms with E-state index in [1.165, 1.54) is 33.1 Å². The molecule has 0 saturated carbocycles. The predicted octanol–water partition coefficient (Wildman–Crippen LogP) is 7.79. The van der Waals surface area contributed by atoms with Crippen LogP contribution in [0.1, 0.15) is 109 Å². The van der Waals surface area contributed by atoms with Gasteiger partial charge in [0.05, 0.1) is 0 Å². The molecular formula is C30H41O3P. The second-order valence-corrected chi connectivity index (χ2v) is 18.0. The van der Waals surface area contributed by atoms with Gasteiger partial charge in [-0.15, -0.1) is 0 Å². The van der Waals surface area contributed by atoms with E-state index in [0.29, 0.717) is 17.5 Å². The maximum atomic E-state index is 7.08. The summed E-state index contributed by atoms with van der Waals surface area (Å²) in [5.41, 5.74) is 7.69. The van der Waals surface area contributed by atoms with Crippen molar-refractivity contribution in [1.29, 1.82) is 0 Å². The number of ether oxygens (including phenoxy) is 3. The molecule has 4 saturated heterocycles. The van der Waals surface area contributed by atoms with E-state index in [0.717, 1.165) is 12.8 Å². The van der Waals surface area contributed by atoms with Crippen molar-refractivity contribution in [1.82, 2.24) is 0 Å². The first kappa shape index (κ1) is 23.2. The molecule has 0 aliphatic carbocycles. The van der Waals surface area contributed by atoms with Crippen molar-refractivity contribution in [3.05, 3.63) is 53.1 Å². The minimum absolute atomic E-state index is 0.279. The number of hydrogen-bond donors (Lipinski definition) is 0. The molecule has 5 atom stereocenters. The minimum atomic E-state index is -2.48. The zero-order valence-corrected chi connectivity index (χ0v) is 23.3. The standard InChI is InChI=1S/C30H41O3P/c1-18(2)21-14-23(19(3)4)26-22-12-10-11-13-25(22)34(20(5)24(26)15-21)29(8)16-27(6)31-28(7,33-29)17-30(34,9)32-27/h10-15,18-20,34H,16-17H2,1-9H3/t20?,27-,28?,29?,30?/m1/s1. The fourth-order valence-corrected chi connectivity index (χ4v) is 17.2. The Morgan fingerprint density at radius 1 is 0.824 bits per heavy atom. The number of hydrogen-bond acceptors (Lipinski definition) is 3. The Balaban J connectivity index is 1.72. The molecule has 5 aliphatic heterocycles. The number of benzene rings is 2. The molecule has 7 rings (SSSR count). The Bertz CT molecular complexity index is 1150. The van der Waals surface area contributed by atoms with Crippen LogP contribution in [0.5, 0.6) is 0 Å². The van der Waals surface area contributed by atoms with Crippen molar-refractivity contribution in [3.8, 4) is 11.1 Å². The van der Waals surface area contributed by atoms with Crippen LogP contribution in [0.3, 0.4) is 0 Å². The van der Waals surface area contributed by atoms with Crippen LogP contribution in [0.25, 0.3) is 11.1 Å². The third-order valence-electron chi connectivity index (χ3n) is 9.55. The molecule has 5 heterocycles. The van der Waals surface area contributed by atoms with Crippen LogP contribution in [0, 0.1) is 0 Å². The Kier molecular flexibility index (Phi) is 4.59. The monoisotopic (exact) mass is 480 g/mol. The normalized spacial score (nSPS) is 40.0. The van der Waals surface area contributed by atoms with Gasteiger partial charge in [-0.2, -0.15) is 0 Å². The molecule has 0 radical (unpaired) electrons. The van der Waals surface area contributed by atoms with Gasteiger partial charge >= 0.3 is 206 Å². The van der Waals surface area contributed by atoms with Crippen molar-refractivity contribution in [2.75, 3.05) is 0 Å². The van der Waals surface area contributed by atoms with E-state index in [2.05, 4.69) is 98.7 Å². The summed E-state index contributed by atoms with van der Waals surface area (Å²) in [7, 11) is -2.48. The van der Waals surface area contributed by atoms with Crippen molar-refractivity contribution in [2.45, 2.75) is 115 Å². The van der Waals surface area contributed by atoms with E-state index in [9.17, 15) is 0 Å². The summed E-state index contributed by atoms with van der Waals surface area (Å²) in [6.45, 7) is 20.9. The van der Waals surface area contributed by atoms with Gasteiger partial charge in [0.15, 0.2) is 0 Å². The molecule has 4 bridgehead atoms. The zero-order valence-electron chi connectivity index (χ0n) is 22.3. The summed E-state index contributed by atoms with van der Waals surface area (Å²) in [5, 5.41) is 0.961. The average molecular weight is 481 g/mol. The van der Waals surface area contributed by atoms with E-state index < -0.39 is 18.8 Å².